The van der Waals surface area contributed by atoms with Crippen LogP contribution in [0.1, 0.15) is 24.1 Å². The van der Waals surface area contributed by atoms with E-state index < -0.39 is 28.1 Å². The van der Waals surface area contributed by atoms with Crippen molar-refractivity contribution in [1.82, 2.24) is 15.0 Å². The van der Waals surface area contributed by atoms with Gasteiger partial charge in [0, 0.05) is 18.7 Å². The fourth-order valence-electron chi connectivity index (χ4n) is 2.37. The van der Waals surface area contributed by atoms with Gasteiger partial charge in [0.1, 0.15) is 18.5 Å². The molecule has 2 rings (SSSR count). The molecule has 2 N–H and O–H groups in total. The second kappa shape index (κ2) is 10.9. The molecule has 0 saturated carbocycles. The highest BCUT2D eigenvalue weighted by molar-refractivity contribution is 7.88. The zero-order valence-electron chi connectivity index (χ0n) is 16.1. The van der Waals surface area contributed by atoms with E-state index >= 15 is 0 Å². The largest absolute Gasteiger partial charge is 0.476 e. The lowest BCUT2D eigenvalue weighted by Crippen LogP contribution is -2.37. The fraction of sp³-hybridized carbons (Fsp3) is 0.389. The smallest absolute Gasteiger partial charge is 0.408 e. The van der Waals surface area contributed by atoms with Crippen LogP contribution in [0.5, 0.6) is 5.88 Å². The Kier molecular flexibility index (Phi) is 9.47. The Hall–Kier alpha value is -1.95. The van der Waals surface area contributed by atoms with Gasteiger partial charge in [0.05, 0.1) is 12.5 Å². The lowest BCUT2D eigenvalue weighted by Gasteiger charge is -2.21. The highest BCUT2D eigenvalue weighted by atomic mass is 35.5. The Labute approximate surface area is 178 Å². The van der Waals surface area contributed by atoms with Gasteiger partial charge in [-0.3, -0.25) is 0 Å². The number of benzene rings is 1. The molecular formula is C18H22ClF4N3O3S. The van der Waals surface area contributed by atoms with Crippen molar-refractivity contribution in [3.63, 3.8) is 0 Å². The zero-order chi connectivity index (χ0) is 21.7. The van der Waals surface area contributed by atoms with E-state index in [1.807, 2.05) is 6.92 Å². The first kappa shape index (κ1) is 26.1. The maximum absolute atomic E-state index is 13.2. The molecule has 0 unspecified atom stereocenters. The van der Waals surface area contributed by atoms with E-state index in [1.165, 1.54) is 36.4 Å². The Morgan fingerprint density at radius 2 is 1.77 bits per heavy atom. The third-order valence-corrected chi connectivity index (χ3v) is 4.47. The third-order valence-electron chi connectivity index (χ3n) is 3.81. The van der Waals surface area contributed by atoms with Gasteiger partial charge >= 0.3 is 6.18 Å². The summed E-state index contributed by atoms with van der Waals surface area (Å²) >= 11 is 0. The molecule has 0 radical (unpaired) electrons. The van der Waals surface area contributed by atoms with Gasteiger partial charge in [0.25, 0.3) is 0 Å². The van der Waals surface area contributed by atoms with Crippen LogP contribution in [0.2, 0.25) is 0 Å². The van der Waals surface area contributed by atoms with Crippen molar-refractivity contribution in [1.29, 1.82) is 0 Å². The molecular weight excluding hydrogens is 450 g/mol. The monoisotopic (exact) mass is 471 g/mol. The molecule has 1 heterocycles. The summed E-state index contributed by atoms with van der Waals surface area (Å²) in [6.07, 6.45) is -3.04. The van der Waals surface area contributed by atoms with Gasteiger partial charge < -0.3 is 10.1 Å². The van der Waals surface area contributed by atoms with Crippen molar-refractivity contribution in [3.05, 3.63) is 59.5 Å². The first-order chi connectivity index (χ1) is 13.4. The van der Waals surface area contributed by atoms with Gasteiger partial charge in [0.15, 0.2) is 0 Å². The van der Waals surface area contributed by atoms with Crippen LogP contribution in [0.3, 0.4) is 0 Å². The van der Waals surface area contributed by atoms with Crippen LogP contribution in [0.15, 0.2) is 42.6 Å². The maximum Gasteiger partial charge on any atom is 0.408 e. The average Bonchev–Trinajstić information content (AvgIpc) is 2.63. The Balaban J connectivity index is 0.00000450. The molecule has 0 amide bonds. The first-order valence-electron chi connectivity index (χ1n) is 8.54. The number of rotatable bonds is 9. The van der Waals surface area contributed by atoms with Crippen LogP contribution in [0, 0.1) is 5.82 Å². The van der Waals surface area contributed by atoms with Crippen LogP contribution in [0.4, 0.5) is 17.6 Å². The Morgan fingerprint density at radius 3 is 2.27 bits per heavy atom. The summed E-state index contributed by atoms with van der Waals surface area (Å²) in [5, 5.41) is 3.14. The average molecular weight is 472 g/mol. The van der Waals surface area contributed by atoms with E-state index in [0.717, 1.165) is 6.20 Å². The number of halogens is 5. The summed E-state index contributed by atoms with van der Waals surface area (Å²) in [6.45, 7) is 2.45. The minimum absolute atomic E-state index is 0. The van der Waals surface area contributed by atoms with Crippen molar-refractivity contribution in [2.45, 2.75) is 31.7 Å². The number of hydrogen-bond acceptors (Lipinski definition) is 5. The van der Waals surface area contributed by atoms with E-state index in [0.29, 0.717) is 18.4 Å². The lowest BCUT2D eigenvalue weighted by molar-refractivity contribution is -0.153. The molecule has 1 aromatic heterocycles. The fourth-order valence-corrected chi connectivity index (χ4v) is 3.07. The molecule has 6 nitrogen and oxygen atoms in total. The molecule has 12 heteroatoms. The summed E-state index contributed by atoms with van der Waals surface area (Å²) in [4.78, 5) is 3.77. The van der Waals surface area contributed by atoms with Gasteiger partial charge in [-0.1, -0.05) is 24.3 Å². The van der Waals surface area contributed by atoms with Crippen molar-refractivity contribution >= 4 is 22.4 Å². The number of nitrogens with one attached hydrogen (secondary N) is 2. The Morgan fingerprint density at radius 1 is 1.13 bits per heavy atom. The van der Waals surface area contributed by atoms with Gasteiger partial charge in [-0.2, -0.15) is 17.9 Å². The number of ether oxygens (including phenoxy) is 1. The number of pyridine rings is 1. The molecule has 2 atom stereocenters. The maximum atomic E-state index is 13.2. The SMILES string of the molecule is C[C@@H](COc1ccc(F)cn1)NCc1ccc([C@H](NS(C)(=O)=O)C(F)(F)F)cc1.Cl. The number of nitrogens with zero attached hydrogens (tertiary/aromatic N) is 1. The number of aromatic nitrogens is 1. The summed E-state index contributed by atoms with van der Waals surface area (Å²) in [5.41, 5.74) is 0.506. The molecule has 30 heavy (non-hydrogen) atoms. The first-order valence-corrected chi connectivity index (χ1v) is 10.4. The molecule has 168 valence electrons. The van der Waals surface area contributed by atoms with E-state index in [9.17, 15) is 26.0 Å². The van der Waals surface area contributed by atoms with Gasteiger partial charge in [-0.05, 0) is 24.1 Å². The van der Waals surface area contributed by atoms with Crippen molar-refractivity contribution in [2.75, 3.05) is 12.9 Å². The van der Waals surface area contributed by atoms with Crippen molar-refractivity contribution in [3.8, 4) is 5.88 Å². The van der Waals surface area contributed by atoms with E-state index in [-0.39, 0.29) is 36.5 Å². The quantitative estimate of drug-likeness (QED) is 0.548. The van der Waals surface area contributed by atoms with E-state index in [2.05, 4.69) is 10.3 Å². The predicted octanol–water partition coefficient (Wildman–Crippen LogP) is 3.35. The second-order valence-corrected chi connectivity index (χ2v) is 8.29. The molecule has 0 fully saturated rings. The lowest BCUT2D eigenvalue weighted by atomic mass is 10.0. The summed E-state index contributed by atoms with van der Waals surface area (Å²) in [6, 6.07) is 5.65. The molecule has 0 aliphatic carbocycles. The van der Waals surface area contributed by atoms with Crippen LogP contribution in [-0.4, -0.2) is 38.5 Å². The second-order valence-electron chi connectivity index (χ2n) is 6.51. The summed E-state index contributed by atoms with van der Waals surface area (Å²) < 4.78 is 81.7. The predicted molar refractivity (Wildman–Crippen MR) is 106 cm³/mol. The minimum Gasteiger partial charge on any atom is -0.476 e. The number of sulfonamides is 1. The zero-order valence-corrected chi connectivity index (χ0v) is 17.7. The molecule has 0 aliphatic rings. The minimum atomic E-state index is -4.76. The number of alkyl halides is 3. The Bertz CT molecular complexity index is 894. The number of hydrogen-bond donors (Lipinski definition) is 2. The molecule has 0 aliphatic heterocycles. The topological polar surface area (TPSA) is 80.3 Å². The van der Waals surface area contributed by atoms with E-state index in [1.54, 1.807) is 4.72 Å². The van der Waals surface area contributed by atoms with Crippen molar-refractivity contribution < 1.29 is 30.7 Å². The molecule has 0 bridgehead atoms. The van der Waals surface area contributed by atoms with E-state index in [4.69, 9.17) is 4.74 Å². The molecule has 0 saturated heterocycles. The highest BCUT2D eigenvalue weighted by Gasteiger charge is 2.42. The third kappa shape index (κ3) is 8.82. The molecule has 2 aromatic rings. The standard InChI is InChI=1S/C18H21F4N3O3S.ClH/c1-12(11-28-16-8-7-15(19)10-24-16)23-9-13-3-5-14(6-4-13)17(18(20,21)22)25-29(2,26)27;/h3-8,10,12,17,23,25H,9,11H2,1-2H3;1H/t12-,17-;/m0./s1. The van der Waals surface area contributed by atoms with Gasteiger partial charge in [-0.25, -0.2) is 17.8 Å². The highest BCUT2D eigenvalue weighted by Crippen LogP contribution is 2.33. The van der Waals surface area contributed by atoms with Gasteiger partial charge in [-0.15, -0.1) is 12.4 Å². The van der Waals surface area contributed by atoms with Crippen LogP contribution in [-0.2, 0) is 16.6 Å². The van der Waals surface area contributed by atoms with Crippen molar-refractivity contribution in [2.24, 2.45) is 0 Å². The molecule has 1 aromatic carbocycles. The van der Waals surface area contributed by atoms with Crippen LogP contribution in [0.25, 0.3) is 0 Å². The van der Waals surface area contributed by atoms with Crippen LogP contribution >= 0.6 is 12.4 Å². The summed E-state index contributed by atoms with van der Waals surface area (Å²) in [5.74, 6) is -0.188. The molecule has 0 spiro atoms. The van der Waals surface area contributed by atoms with Crippen LogP contribution < -0.4 is 14.8 Å². The summed E-state index contributed by atoms with van der Waals surface area (Å²) in [7, 11) is -4.04. The van der Waals surface area contributed by atoms with Gasteiger partial charge in [0.2, 0.25) is 15.9 Å². The normalized spacial score (nSPS) is 13.9.